The summed E-state index contributed by atoms with van der Waals surface area (Å²) in [6, 6.07) is 12.8. The number of anilines is 1. The molecule has 288 valence electrons. The quantitative estimate of drug-likeness (QED) is 0.123. The van der Waals surface area contributed by atoms with E-state index in [-0.39, 0.29) is 24.2 Å². The number of methoxy groups -OCH3 is 1. The van der Waals surface area contributed by atoms with Crippen LogP contribution in [0.4, 0.5) is 5.69 Å². The van der Waals surface area contributed by atoms with E-state index >= 15 is 4.79 Å². The molecule has 0 saturated heterocycles. The molecule has 0 bridgehead atoms. The zero-order valence-corrected chi connectivity index (χ0v) is 33.9. The normalized spacial score (nSPS) is 14.3. The Kier molecular flexibility index (Phi) is 10.4. The topological polar surface area (TPSA) is 113 Å². The zero-order valence-electron chi connectivity index (χ0n) is 32.3. The number of carbonyl (C=O) groups excluding carboxylic acids is 1. The van der Waals surface area contributed by atoms with Gasteiger partial charge in [0.05, 0.1) is 40.7 Å². The minimum absolute atomic E-state index is 0.102. The van der Waals surface area contributed by atoms with Gasteiger partial charge in [-0.2, -0.15) is 5.10 Å². The van der Waals surface area contributed by atoms with E-state index in [4.69, 9.17) is 42.5 Å². The number of halogens is 2. The van der Waals surface area contributed by atoms with Crippen molar-refractivity contribution >= 4 is 62.6 Å². The van der Waals surface area contributed by atoms with Crippen LogP contribution in [-0.2, 0) is 25.3 Å². The highest BCUT2D eigenvalue weighted by atomic mass is 35.5. The van der Waals surface area contributed by atoms with Gasteiger partial charge in [-0.3, -0.25) is 9.48 Å². The van der Waals surface area contributed by atoms with Gasteiger partial charge >= 0.3 is 5.97 Å². The smallest absolute Gasteiger partial charge is 0.352 e. The highest BCUT2D eigenvalue weighted by Gasteiger charge is 2.38. The SMILES string of the molecule is COCCOc1cc(N2CC(C)n3c(c(CCCOc4cc(C)c(Cl)c(C)c4)c4ccc(Cl)c(-c5c(C)nn(C)c5C)c43)C2=O)c2cc(C(=O)O)n(C)c2c1. The molecule has 0 radical (unpaired) electrons. The third-order valence-corrected chi connectivity index (χ3v) is 11.7. The number of amides is 1. The van der Waals surface area contributed by atoms with Crippen molar-refractivity contribution in [1.29, 1.82) is 0 Å². The molecule has 0 saturated carbocycles. The number of carbonyl (C=O) groups is 2. The van der Waals surface area contributed by atoms with E-state index in [1.807, 2.05) is 69.8 Å². The van der Waals surface area contributed by atoms with Gasteiger partial charge in [0.2, 0.25) is 0 Å². The van der Waals surface area contributed by atoms with Gasteiger partial charge in [0.25, 0.3) is 5.91 Å². The van der Waals surface area contributed by atoms with E-state index in [1.54, 1.807) is 35.8 Å². The second kappa shape index (κ2) is 14.9. The lowest BCUT2D eigenvalue weighted by atomic mass is 9.98. The first kappa shape index (κ1) is 38.3. The van der Waals surface area contributed by atoms with Gasteiger partial charge in [-0.25, -0.2) is 4.79 Å². The largest absolute Gasteiger partial charge is 0.494 e. The Bertz CT molecular complexity index is 2490. The Morgan fingerprint density at radius 1 is 0.927 bits per heavy atom. The minimum atomic E-state index is -1.07. The summed E-state index contributed by atoms with van der Waals surface area (Å²) in [6.45, 7) is 11.4. The van der Waals surface area contributed by atoms with Crippen molar-refractivity contribution in [3.05, 3.63) is 92.0 Å². The summed E-state index contributed by atoms with van der Waals surface area (Å²) in [5.74, 6) is -0.0162. The molecular formula is C42H45Cl2N5O6. The summed E-state index contributed by atoms with van der Waals surface area (Å²) in [5.41, 5.74) is 9.14. The van der Waals surface area contributed by atoms with Crippen LogP contribution in [0, 0.1) is 27.7 Å². The molecule has 1 unspecified atom stereocenters. The van der Waals surface area contributed by atoms with Gasteiger partial charge < -0.3 is 33.4 Å². The number of aromatic nitrogens is 4. The summed E-state index contributed by atoms with van der Waals surface area (Å²) >= 11 is 13.5. The van der Waals surface area contributed by atoms with Crippen molar-refractivity contribution in [3.63, 3.8) is 0 Å². The lowest BCUT2D eigenvalue weighted by Crippen LogP contribution is -2.42. The number of benzene rings is 3. The number of hydrogen-bond acceptors (Lipinski definition) is 6. The molecular weight excluding hydrogens is 741 g/mol. The molecule has 1 aliphatic rings. The van der Waals surface area contributed by atoms with Crippen LogP contribution in [-0.4, -0.2) is 69.4 Å². The van der Waals surface area contributed by atoms with Crippen molar-refractivity contribution in [2.75, 3.05) is 38.4 Å². The second-order valence-corrected chi connectivity index (χ2v) is 15.2. The first-order chi connectivity index (χ1) is 26.2. The van der Waals surface area contributed by atoms with Crippen LogP contribution in [0.2, 0.25) is 10.0 Å². The average Bonchev–Trinajstić information content (AvgIpc) is 3.75. The van der Waals surface area contributed by atoms with Crippen LogP contribution < -0.4 is 14.4 Å². The fourth-order valence-electron chi connectivity index (χ4n) is 8.08. The number of rotatable bonds is 12. The molecule has 0 aliphatic carbocycles. The summed E-state index contributed by atoms with van der Waals surface area (Å²) in [6.07, 6.45) is 1.18. The molecule has 6 aromatic rings. The minimum Gasteiger partial charge on any atom is -0.494 e. The fourth-order valence-corrected chi connectivity index (χ4v) is 8.43. The summed E-state index contributed by atoms with van der Waals surface area (Å²) in [7, 11) is 5.22. The highest BCUT2D eigenvalue weighted by Crippen LogP contribution is 2.46. The zero-order chi connectivity index (χ0) is 39.5. The number of carboxylic acids is 1. The third kappa shape index (κ3) is 6.62. The highest BCUT2D eigenvalue weighted by molar-refractivity contribution is 6.35. The van der Waals surface area contributed by atoms with Gasteiger partial charge in [0.15, 0.2) is 0 Å². The maximum Gasteiger partial charge on any atom is 0.352 e. The van der Waals surface area contributed by atoms with Crippen molar-refractivity contribution in [3.8, 4) is 22.6 Å². The maximum atomic E-state index is 15.3. The Hall–Kier alpha value is -4.97. The van der Waals surface area contributed by atoms with Gasteiger partial charge in [0.1, 0.15) is 29.5 Å². The Morgan fingerprint density at radius 2 is 1.62 bits per heavy atom. The van der Waals surface area contributed by atoms with Crippen molar-refractivity contribution in [2.24, 2.45) is 14.1 Å². The maximum absolute atomic E-state index is 15.3. The van der Waals surface area contributed by atoms with Crippen LogP contribution in [0.25, 0.3) is 32.9 Å². The molecule has 4 heterocycles. The van der Waals surface area contributed by atoms with E-state index in [0.29, 0.717) is 65.7 Å². The van der Waals surface area contributed by atoms with E-state index < -0.39 is 5.97 Å². The first-order valence-electron chi connectivity index (χ1n) is 18.3. The van der Waals surface area contributed by atoms with E-state index in [0.717, 1.165) is 60.9 Å². The molecule has 3 aromatic heterocycles. The molecule has 1 N–H and O–H groups in total. The Labute approximate surface area is 329 Å². The standard InChI is InChI=1S/C42H45Cl2N5O6/c1-22-16-27(17-23(2)38(22)44)54-13-9-10-29-30-11-12-32(43)37(36-25(4)45-47(7)26(36)5)39(30)49-24(3)21-48(41(50)40(29)49)34-19-28(55-15-14-53-8)18-33-31(34)20-35(42(51)52)46(33)6/h11-12,16-20,24H,9-10,13-15,21H2,1-8H3,(H,51,52). The monoisotopic (exact) mass is 785 g/mol. The van der Waals surface area contributed by atoms with Gasteiger partial charge in [-0.05, 0) is 88.4 Å². The number of hydrogen-bond donors (Lipinski definition) is 1. The van der Waals surface area contributed by atoms with Gasteiger partial charge in [-0.15, -0.1) is 0 Å². The number of carboxylic acid groups (broad SMARTS) is 1. The number of aromatic carboxylic acids is 1. The number of aryl methyl sites for hydroxylation is 6. The van der Waals surface area contributed by atoms with Crippen LogP contribution in [0.1, 0.15) is 68.4 Å². The van der Waals surface area contributed by atoms with Crippen molar-refractivity contribution in [2.45, 2.75) is 53.5 Å². The molecule has 13 heteroatoms. The molecule has 7 rings (SSSR count). The number of fused-ring (bicyclic) bond motifs is 4. The van der Waals surface area contributed by atoms with Crippen LogP contribution >= 0.6 is 23.2 Å². The molecule has 1 amide bonds. The van der Waals surface area contributed by atoms with Gasteiger partial charge in [0, 0.05) is 78.5 Å². The summed E-state index contributed by atoms with van der Waals surface area (Å²) in [4.78, 5) is 29.3. The van der Waals surface area contributed by atoms with Crippen LogP contribution in [0.5, 0.6) is 11.5 Å². The summed E-state index contributed by atoms with van der Waals surface area (Å²) < 4.78 is 23.1. The number of nitrogens with zero attached hydrogens (tertiary/aromatic N) is 5. The molecule has 0 fully saturated rings. The van der Waals surface area contributed by atoms with Gasteiger partial charge in [-0.1, -0.05) is 29.3 Å². The van der Waals surface area contributed by atoms with Crippen LogP contribution in [0.15, 0.2) is 42.5 Å². The summed E-state index contributed by atoms with van der Waals surface area (Å²) in [5, 5.41) is 17.7. The molecule has 55 heavy (non-hydrogen) atoms. The number of ether oxygens (including phenoxy) is 3. The molecule has 1 atom stereocenters. The Balaban J connectivity index is 1.39. The van der Waals surface area contributed by atoms with E-state index in [1.165, 1.54) is 0 Å². The fraction of sp³-hybridized carbons (Fsp3) is 0.357. The third-order valence-electron chi connectivity index (χ3n) is 10.7. The average molecular weight is 787 g/mol. The molecule has 11 nitrogen and oxygen atoms in total. The molecule has 0 spiro atoms. The van der Waals surface area contributed by atoms with Crippen molar-refractivity contribution in [1.82, 2.24) is 18.9 Å². The van der Waals surface area contributed by atoms with Crippen LogP contribution in [0.3, 0.4) is 0 Å². The molecule has 3 aromatic carbocycles. The van der Waals surface area contributed by atoms with E-state index in [2.05, 4.69) is 11.5 Å². The first-order valence-corrected chi connectivity index (χ1v) is 19.0. The lowest BCUT2D eigenvalue weighted by molar-refractivity contribution is 0.0686. The lowest BCUT2D eigenvalue weighted by Gasteiger charge is -2.35. The van der Waals surface area contributed by atoms with E-state index in [9.17, 15) is 9.90 Å². The second-order valence-electron chi connectivity index (χ2n) is 14.4. The van der Waals surface area contributed by atoms with Crippen molar-refractivity contribution < 1.29 is 28.9 Å². The predicted octanol–water partition coefficient (Wildman–Crippen LogP) is 9.03. The predicted molar refractivity (Wildman–Crippen MR) is 217 cm³/mol. The Morgan fingerprint density at radius 3 is 2.27 bits per heavy atom. The molecule has 1 aliphatic heterocycles.